The number of rotatable bonds is 6. The van der Waals surface area contributed by atoms with Gasteiger partial charge in [0.2, 0.25) is 5.91 Å². The van der Waals surface area contributed by atoms with Crippen molar-refractivity contribution < 1.29 is 14.7 Å². The number of carboxylic acids is 1. The minimum Gasteiger partial charge on any atom is -0.478 e. The second-order valence-corrected chi connectivity index (χ2v) is 8.14. The van der Waals surface area contributed by atoms with E-state index >= 15 is 0 Å². The first-order valence-electron chi connectivity index (χ1n) is 9.73. The van der Waals surface area contributed by atoms with Crippen molar-refractivity contribution in [3.63, 3.8) is 0 Å². The molecule has 4 nitrogen and oxygen atoms in total. The van der Waals surface area contributed by atoms with Gasteiger partial charge in [-0.2, -0.15) is 0 Å². The maximum Gasteiger partial charge on any atom is 0.335 e. The van der Waals surface area contributed by atoms with Crippen LogP contribution in [0.4, 0.5) is 0 Å². The zero-order chi connectivity index (χ0) is 17.4. The fraction of sp³-hybridized carbons (Fsp3) is 0.619. The Morgan fingerprint density at radius 3 is 2.16 bits per heavy atom. The average Bonchev–Trinajstić information content (AvgIpc) is 3.51. The lowest BCUT2D eigenvalue weighted by Gasteiger charge is -2.34. The molecule has 1 N–H and O–H groups in total. The SMILES string of the molecule is O=C(O)c1ccccc1CC1CCN(C(=O)C(C2CC2)C2CC2)CC1. The molecule has 2 saturated carbocycles. The van der Waals surface area contributed by atoms with Crippen LogP contribution in [0.15, 0.2) is 24.3 Å². The van der Waals surface area contributed by atoms with Crippen molar-refractivity contribution in [2.45, 2.75) is 44.9 Å². The molecule has 2 aliphatic carbocycles. The molecule has 1 saturated heterocycles. The quantitative estimate of drug-likeness (QED) is 0.860. The van der Waals surface area contributed by atoms with Gasteiger partial charge in [-0.15, -0.1) is 0 Å². The molecule has 1 aliphatic heterocycles. The molecule has 1 heterocycles. The van der Waals surface area contributed by atoms with Crippen molar-refractivity contribution in [3.8, 4) is 0 Å². The second-order valence-electron chi connectivity index (χ2n) is 8.14. The van der Waals surface area contributed by atoms with Crippen molar-refractivity contribution >= 4 is 11.9 Å². The Morgan fingerprint density at radius 1 is 1.00 bits per heavy atom. The summed E-state index contributed by atoms with van der Waals surface area (Å²) < 4.78 is 0. The fourth-order valence-electron chi connectivity index (χ4n) is 4.49. The first-order chi connectivity index (χ1) is 12.1. The number of carbonyl (C=O) groups excluding carboxylic acids is 1. The number of piperidine rings is 1. The van der Waals surface area contributed by atoms with Crippen molar-refractivity contribution in [1.82, 2.24) is 4.90 Å². The summed E-state index contributed by atoms with van der Waals surface area (Å²) in [5.41, 5.74) is 1.34. The number of carbonyl (C=O) groups is 2. The molecule has 0 bridgehead atoms. The Kier molecular flexibility index (Phi) is 4.53. The van der Waals surface area contributed by atoms with Crippen LogP contribution < -0.4 is 0 Å². The van der Waals surface area contributed by atoms with Gasteiger partial charge in [-0.1, -0.05) is 18.2 Å². The van der Waals surface area contributed by atoms with Crippen molar-refractivity contribution in [2.24, 2.45) is 23.7 Å². The molecule has 0 radical (unpaired) electrons. The number of nitrogens with zero attached hydrogens (tertiary/aromatic N) is 1. The summed E-state index contributed by atoms with van der Waals surface area (Å²) in [6.45, 7) is 1.68. The van der Waals surface area contributed by atoms with Crippen LogP contribution in [0.3, 0.4) is 0 Å². The Labute approximate surface area is 149 Å². The van der Waals surface area contributed by atoms with Crippen LogP contribution in [0.1, 0.15) is 54.4 Å². The lowest BCUT2D eigenvalue weighted by atomic mass is 9.87. The molecule has 4 rings (SSSR count). The molecule has 25 heavy (non-hydrogen) atoms. The van der Waals surface area contributed by atoms with E-state index in [1.54, 1.807) is 12.1 Å². The van der Waals surface area contributed by atoms with Gasteiger partial charge in [0, 0.05) is 19.0 Å². The molecule has 0 spiro atoms. The van der Waals surface area contributed by atoms with E-state index in [0.717, 1.165) is 37.9 Å². The molecule has 3 aliphatic rings. The molecule has 3 fully saturated rings. The second kappa shape index (κ2) is 6.81. The van der Waals surface area contributed by atoms with E-state index in [0.29, 0.717) is 35.1 Å². The largest absolute Gasteiger partial charge is 0.478 e. The van der Waals surface area contributed by atoms with E-state index in [1.807, 2.05) is 12.1 Å². The number of likely N-dealkylation sites (tertiary alicyclic amines) is 1. The average molecular weight is 341 g/mol. The molecule has 1 aromatic rings. The van der Waals surface area contributed by atoms with Gasteiger partial charge in [0.05, 0.1) is 5.56 Å². The summed E-state index contributed by atoms with van der Waals surface area (Å²) in [7, 11) is 0. The third-order valence-corrected chi connectivity index (χ3v) is 6.23. The van der Waals surface area contributed by atoms with Crippen molar-refractivity contribution in [2.75, 3.05) is 13.1 Å². The number of hydrogen-bond donors (Lipinski definition) is 1. The number of hydrogen-bond acceptors (Lipinski definition) is 2. The Hall–Kier alpha value is -1.84. The minimum atomic E-state index is -0.847. The Morgan fingerprint density at radius 2 is 1.60 bits per heavy atom. The van der Waals surface area contributed by atoms with Gasteiger partial charge in [-0.3, -0.25) is 4.79 Å². The van der Waals surface area contributed by atoms with Gasteiger partial charge in [0.25, 0.3) is 0 Å². The Balaban J connectivity index is 1.34. The summed E-state index contributed by atoms with van der Waals surface area (Å²) in [4.78, 5) is 26.4. The highest BCUT2D eigenvalue weighted by Gasteiger charge is 2.47. The minimum absolute atomic E-state index is 0.310. The van der Waals surface area contributed by atoms with E-state index < -0.39 is 5.97 Å². The summed E-state index contributed by atoms with van der Waals surface area (Å²) in [5, 5.41) is 9.33. The van der Waals surface area contributed by atoms with Crippen LogP contribution in [0, 0.1) is 23.7 Å². The maximum atomic E-state index is 12.9. The molecular formula is C21H27NO3. The fourth-order valence-corrected chi connectivity index (χ4v) is 4.49. The number of amides is 1. The predicted octanol–water partition coefficient (Wildman–Crippen LogP) is 3.60. The van der Waals surface area contributed by atoms with E-state index in [-0.39, 0.29) is 0 Å². The van der Waals surface area contributed by atoms with Crippen LogP contribution in [-0.2, 0) is 11.2 Å². The van der Waals surface area contributed by atoms with Gasteiger partial charge >= 0.3 is 5.97 Å². The van der Waals surface area contributed by atoms with Crippen LogP contribution in [0.25, 0.3) is 0 Å². The smallest absolute Gasteiger partial charge is 0.335 e. The highest BCUT2D eigenvalue weighted by atomic mass is 16.4. The van der Waals surface area contributed by atoms with Gasteiger partial charge in [-0.05, 0) is 74.3 Å². The van der Waals surface area contributed by atoms with Gasteiger partial charge in [-0.25, -0.2) is 4.79 Å². The molecule has 0 aromatic heterocycles. The monoisotopic (exact) mass is 341 g/mol. The number of aromatic carboxylic acids is 1. The van der Waals surface area contributed by atoms with E-state index in [2.05, 4.69) is 4.90 Å². The van der Waals surface area contributed by atoms with Gasteiger partial charge in [0.1, 0.15) is 0 Å². The van der Waals surface area contributed by atoms with Crippen molar-refractivity contribution in [1.29, 1.82) is 0 Å². The van der Waals surface area contributed by atoms with Gasteiger partial charge in [0.15, 0.2) is 0 Å². The third-order valence-electron chi connectivity index (χ3n) is 6.23. The molecule has 1 amide bonds. The lowest BCUT2D eigenvalue weighted by Crippen LogP contribution is -2.43. The van der Waals surface area contributed by atoms with E-state index in [1.165, 1.54) is 25.7 Å². The Bertz CT molecular complexity index is 643. The topological polar surface area (TPSA) is 57.6 Å². The first kappa shape index (κ1) is 16.6. The lowest BCUT2D eigenvalue weighted by molar-refractivity contribution is -0.138. The van der Waals surface area contributed by atoms with Gasteiger partial charge < -0.3 is 10.0 Å². The van der Waals surface area contributed by atoms with Crippen LogP contribution in [0.5, 0.6) is 0 Å². The highest BCUT2D eigenvalue weighted by Crippen LogP contribution is 2.50. The molecular weight excluding hydrogens is 314 g/mol. The van der Waals surface area contributed by atoms with E-state index in [9.17, 15) is 14.7 Å². The molecule has 4 heteroatoms. The zero-order valence-electron chi connectivity index (χ0n) is 14.7. The summed E-state index contributed by atoms with van der Waals surface area (Å²) in [6, 6.07) is 7.31. The first-order valence-corrected chi connectivity index (χ1v) is 9.73. The summed E-state index contributed by atoms with van der Waals surface area (Å²) >= 11 is 0. The zero-order valence-corrected chi connectivity index (χ0v) is 14.7. The summed E-state index contributed by atoms with van der Waals surface area (Å²) in [6.07, 6.45) is 7.76. The predicted molar refractivity (Wildman–Crippen MR) is 95.3 cm³/mol. The molecule has 134 valence electrons. The molecule has 0 unspecified atom stereocenters. The molecule has 1 aromatic carbocycles. The normalized spacial score (nSPS) is 21.6. The van der Waals surface area contributed by atoms with E-state index in [4.69, 9.17) is 0 Å². The molecule has 0 atom stereocenters. The van der Waals surface area contributed by atoms with Crippen LogP contribution >= 0.6 is 0 Å². The van der Waals surface area contributed by atoms with Crippen molar-refractivity contribution in [3.05, 3.63) is 35.4 Å². The third kappa shape index (κ3) is 3.73. The highest BCUT2D eigenvalue weighted by molar-refractivity contribution is 5.89. The standard InChI is InChI=1S/C21H27NO3/c23-20(19(15-5-6-15)16-7-8-16)22-11-9-14(10-12-22)13-17-3-1-2-4-18(17)21(24)25/h1-4,14-16,19H,5-13H2,(H,24,25). The number of carboxylic acid groups (broad SMARTS) is 1. The maximum absolute atomic E-state index is 12.9. The summed E-state index contributed by atoms with van der Waals surface area (Å²) in [5.74, 6) is 1.68. The van der Waals surface area contributed by atoms with Crippen LogP contribution in [0.2, 0.25) is 0 Å². The number of benzene rings is 1. The van der Waals surface area contributed by atoms with Crippen LogP contribution in [-0.4, -0.2) is 35.0 Å².